The van der Waals surface area contributed by atoms with Gasteiger partial charge in [-0.25, -0.2) is 8.78 Å². The number of hydrogen-bond acceptors (Lipinski definition) is 4. The summed E-state index contributed by atoms with van der Waals surface area (Å²) in [5, 5.41) is 5.28. The molecule has 5 rings (SSSR count). The number of nitrogens with zero attached hydrogens (tertiary/aromatic N) is 3. The van der Waals surface area contributed by atoms with Gasteiger partial charge in [0.05, 0.1) is 11.6 Å². The van der Waals surface area contributed by atoms with Crippen LogP contribution in [0.3, 0.4) is 0 Å². The molecule has 1 aromatic heterocycles. The molecule has 4 aromatic rings. The first-order chi connectivity index (χ1) is 17.1. The second-order valence-electron chi connectivity index (χ2n) is 8.83. The fraction of sp³-hybridized carbons (Fsp3) is 0.250. The van der Waals surface area contributed by atoms with E-state index in [-0.39, 0.29) is 17.7 Å². The minimum Gasteiger partial charge on any atom is -0.383 e. The number of nitrogens with one attached hydrogen (secondary N) is 1. The minimum absolute atomic E-state index is 0.0357. The third-order valence-corrected chi connectivity index (χ3v) is 6.83. The molecule has 0 radical (unpaired) electrons. The standard InChI is InChI=1S/C28H27ClF2N4/c29-22-5-10-25-26(11-12-32-27(25)19-22)33-13-14-34-15-17-35(18-16-34)28(20-1-6-23(30)7-2-20)21-3-8-24(31)9-4-21/h1-12,19,28H,13-18H2,(H,32,33). The Kier molecular flexibility index (Phi) is 7.23. The molecule has 1 aliphatic rings. The van der Waals surface area contributed by atoms with Gasteiger partial charge in [-0.3, -0.25) is 14.8 Å². The number of anilines is 1. The van der Waals surface area contributed by atoms with E-state index in [9.17, 15) is 8.78 Å². The molecule has 3 aromatic carbocycles. The number of rotatable bonds is 7. The van der Waals surface area contributed by atoms with Crippen molar-refractivity contribution in [2.24, 2.45) is 0 Å². The number of pyridine rings is 1. The number of aromatic nitrogens is 1. The molecule has 0 amide bonds. The van der Waals surface area contributed by atoms with Crippen molar-refractivity contribution in [3.63, 3.8) is 0 Å². The molecule has 2 heterocycles. The first kappa shape index (κ1) is 23.7. The topological polar surface area (TPSA) is 31.4 Å². The van der Waals surface area contributed by atoms with Crippen LogP contribution in [0, 0.1) is 11.6 Å². The predicted molar refractivity (Wildman–Crippen MR) is 138 cm³/mol. The highest BCUT2D eigenvalue weighted by atomic mass is 35.5. The van der Waals surface area contributed by atoms with Gasteiger partial charge in [-0.2, -0.15) is 0 Å². The zero-order valence-corrected chi connectivity index (χ0v) is 20.1. The summed E-state index contributed by atoms with van der Waals surface area (Å²) >= 11 is 6.10. The summed E-state index contributed by atoms with van der Waals surface area (Å²) in [6, 6.07) is 21.0. The molecule has 180 valence electrons. The quantitative estimate of drug-likeness (QED) is 0.343. The van der Waals surface area contributed by atoms with Crippen LogP contribution in [0.5, 0.6) is 0 Å². The lowest BCUT2D eigenvalue weighted by Crippen LogP contribution is -2.48. The van der Waals surface area contributed by atoms with Crippen LogP contribution in [0.25, 0.3) is 10.9 Å². The summed E-state index contributed by atoms with van der Waals surface area (Å²) in [7, 11) is 0. The third-order valence-electron chi connectivity index (χ3n) is 6.59. The largest absolute Gasteiger partial charge is 0.383 e. The van der Waals surface area contributed by atoms with Crippen LogP contribution in [-0.2, 0) is 0 Å². The van der Waals surface area contributed by atoms with Crippen molar-refractivity contribution < 1.29 is 8.78 Å². The number of halogens is 3. The van der Waals surface area contributed by atoms with E-state index < -0.39 is 0 Å². The van der Waals surface area contributed by atoms with E-state index >= 15 is 0 Å². The Morgan fingerprint density at radius 2 is 1.46 bits per heavy atom. The summed E-state index contributed by atoms with van der Waals surface area (Å²) < 4.78 is 27.1. The summed E-state index contributed by atoms with van der Waals surface area (Å²) in [5.41, 5.74) is 3.96. The molecule has 0 aliphatic carbocycles. The van der Waals surface area contributed by atoms with Gasteiger partial charge < -0.3 is 5.32 Å². The maximum atomic E-state index is 13.6. The van der Waals surface area contributed by atoms with Gasteiger partial charge in [-0.15, -0.1) is 0 Å². The Balaban J connectivity index is 1.21. The van der Waals surface area contributed by atoms with Gasteiger partial charge in [-0.1, -0.05) is 35.9 Å². The highest BCUT2D eigenvalue weighted by Gasteiger charge is 2.26. The van der Waals surface area contributed by atoms with Crippen molar-refractivity contribution in [2.75, 3.05) is 44.6 Å². The Labute approximate surface area is 209 Å². The van der Waals surface area contributed by atoms with Crippen LogP contribution in [0.4, 0.5) is 14.5 Å². The number of piperazine rings is 1. The van der Waals surface area contributed by atoms with E-state index in [0.29, 0.717) is 5.02 Å². The van der Waals surface area contributed by atoms with Gasteiger partial charge in [0.1, 0.15) is 11.6 Å². The van der Waals surface area contributed by atoms with Gasteiger partial charge in [0.15, 0.2) is 0 Å². The van der Waals surface area contributed by atoms with Gasteiger partial charge in [0.2, 0.25) is 0 Å². The predicted octanol–water partition coefficient (Wildman–Crippen LogP) is 5.99. The summed E-state index contributed by atoms with van der Waals surface area (Å²) in [5.74, 6) is -0.511. The molecule has 0 saturated carbocycles. The number of fused-ring (bicyclic) bond motifs is 1. The molecule has 35 heavy (non-hydrogen) atoms. The highest BCUT2D eigenvalue weighted by Crippen LogP contribution is 2.30. The Morgan fingerprint density at radius 1 is 0.829 bits per heavy atom. The molecule has 0 spiro atoms. The van der Waals surface area contributed by atoms with Gasteiger partial charge in [-0.05, 0) is 59.7 Å². The van der Waals surface area contributed by atoms with Gasteiger partial charge >= 0.3 is 0 Å². The lowest BCUT2D eigenvalue weighted by Gasteiger charge is -2.40. The molecule has 1 N–H and O–H groups in total. The van der Waals surface area contributed by atoms with E-state index in [4.69, 9.17) is 11.6 Å². The van der Waals surface area contributed by atoms with Gasteiger partial charge in [0.25, 0.3) is 0 Å². The van der Waals surface area contributed by atoms with Crippen molar-refractivity contribution in [3.8, 4) is 0 Å². The first-order valence-corrected chi connectivity index (χ1v) is 12.2. The zero-order valence-electron chi connectivity index (χ0n) is 19.3. The van der Waals surface area contributed by atoms with Crippen molar-refractivity contribution >= 4 is 28.2 Å². The van der Waals surface area contributed by atoms with E-state index in [1.807, 2.05) is 48.5 Å². The molecule has 0 bridgehead atoms. The maximum Gasteiger partial charge on any atom is 0.123 e. The van der Waals surface area contributed by atoms with E-state index in [1.54, 1.807) is 6.20 Å². The molecule has 4 nitrogen and oxygen atoms in total. The van der Waals surface area contributed by atoms with Crippen LogP contribution < -0.4 is 5.32 Å². The fourth-order valence-corrected chi connectivity index (χ4v) is 4.94. The summed E-state index contributed by atoms with van der Waals surface area (Å²) in [6.07, 6.45) is 1.80. The average molecular weight is 493 g/mol. The van der Waals surface area contributed by atoms with Crippen molar-refractivity contribution in [2.45, 2.75) is 6.04 Å². The van der Waals surface area contributed by atoms with Crippen molar-refractivity contribution in [1.82, 2.24) is 14.8 Å². The summed E-state index contributed by atoms with van der Waals surface area (Å²) in [6.45, 7) is 5.33. The Morgan fingerprint density at radius 3 is 2.09 bits per heavy atom. The smallest absolute Gasteiger partial charge is 0.123 e. The molecular formula is C28H27ClF2N4. The van der Waals surface area contributed by atoms with Crippen LogP contribution in [-0.4, -0.2) is 54.1 Å². The lowest BCUT2D eigenvalue weighted by molar-refractivity contribution is 0.112. The third kappa shape index (κ3) is 5.61. The number of hydrogen-bond donors (Lipinski definition) is 1. The van der Waals surface area contributed by atoms with Crippen LogP contribution in [0.2, 0.25) is 5.02 Å². The maximum absolute atomic E-state index is 13.6. The molecule has 1 aliphatic heterocycles. The Hall–Kier alpha value is -3.06. The molecule has 0 unspecified atom stereocenters. The van der Waals surface area contributed by atoms with Crippen molar-refractivity contribution in [3.05, 3.63) is 107 Å². The van der Waals surface area contributed by atoms with Crippen LogP contribution in [0.15, 0.2) is 79.0 Å². The monoisotopic (exact) mass is 492 g/mol. The average Bonchev–Trinajstić information content (AvgIpc) is 2.87. The van der Waals surface area contributed by atoms with Crippen LogP contribution >= 0.6 is 11.6 Å². The zero-order chi connectivity index (χ0) is 24.2. The highest BCUT2D eigenvalue weighted by molar-refractivity contribution is 6.31. The lowest BCUT2D eigenvalue weighted by atomic mass is 9.96. The van der Waals surface area contributed by atoms with Gasteiger partial charge in [0, 0.05) is 61.6 Å². The normalized spacial score (nSPS) is 15.1. The molecule has 0 atom stereocenters. The molecule has 1 saturated heterocycles. The Bertz CT molecular complexity index is 1230. The number of benzene rings is 3. The first-order valence-electron chi connectivity index (χ1n) is 11.8. The second-order valence-corrected chi connectivity index (χ2v) is 9.27. The second kappa shape index (κ2) is 10.7. The molecule has 1 fully saturated rings. The van der Waals surface area contributed by atoms with E-state index in [2.05, 4.69) is 20.1 Å². The minimum atomic E-state index is -0.256. The fourth-order valence-electron chi connectivity index (χ4n) is 4.77. The molecule has 7 heteroatoms. The van der Waals surface area contributed by atoms with E-state index in [1.165, 1.54) is 24.3 Å². The van der Waals surface area contributed by atoms with Crippen molar-refractivity contribution in [1.29, 1.82) is 0 Å². The molecular weight excluding hydrogens is 466 g/mol. The van der Waals surface area contributed by atoms with Crippen LogP contribution in [0.1, 0.15) is 17.2 Å². The van der Waals surface area contributed by atoms with E-state index in [0.717, 1.165) is 67.0 Å². The summed E-state index contributed by atoms with van der Waals surface area (Å²) in [4.78, 5) is 9.24. The SMILES string of the molecule is Fc1ccc(C(c2ccc(F)cc2)N2CCN(CCNc3ccnc4cc(Cl)ccc34)CC2)cc1.